The van der Waals surface area contributed by atoms with Crippen LogP contribution in [0.4, 0.5) is 9.18 Å². The largest absolute Gasteiger partial charge is 0.445 e. The second-order valence-corrected chi connectivity index (χ2v) is 4.90. The lowest BCUT2D eigenvalue weighted by atomic mass is 10.1. The van der Waals surface area contributed by atoms with E-state index in [1.165, 1.54) is 6.07 Å². The Bertz CT molecular complexity index is 672. The van der Waals surface area contributed by atoms with E-state index in [9.17, 15) is 9.18 Å². The molecule has 2 rings (SSSR count). The van der Waals surface area contributed by atoms with Crippen molar-refractivity contribution in [1.82, 2.24) is 5.32 Å². The number of hydrogen-bond donors (Lipinski definition) is 2. The summed E-state index contributed by atoms with van der Waals surface area (Å²) in [6.45, 7) is 0.695. The first-order valence-corrected chi connectivity index (χ1v) is 7.28. The highest BCUT2D eigenvalue weighted by Crippen LogP contribution is 2.11. The Morgan fingerprint density at radius 2 is 2.00 bits per heavy atom. The van der Waals surface area contributed by atoms with Crippen molar-refractivity contribution in [3.8, 4) is 0 Å². The number of alkyl carbamates (subject to hydrolysis) is 1. The van der Waals surface area contributed by atoms with E-state index in [1.807, 2.05) is 30.3 Å². The summed E-state index contributed by atoms with van der Waals surface area (Å²) in [7, 11) is 0. The Morgan fingerprint density at radius 3 is 2.70 bits per heavy atom. The zero-order valence-corrected chi connectivity index (χ0v) is 12.7. The minimum absolute atomic E-state index is 0.171. The first-order chi connectivity index (χ1) is 11.2. The molecule has 3 N–H and O–H groups in total. The Kier molecular flexibility index (Phi) is 6.32. The fourth-order valence-electron chi connectivity index (χ4n) is 1.94. The lowest BCUT2D eigenvalue weighted by Gasteiger charge is -2.05. The molecule has 0 aromatic heterocycles. The molecule has 0 unspecified atom stereocenters. The number of halogens is 1. The number of hydrogen-bond acceptors (Lipinski definition) is 3. The lowest BCUT2D eigenvalue weighted by Crippen LogP contribution is -2.24. The molecular weight excluding hydrogens is 295 g/mol. The first-order valence-electron chi connectivity index (χ1n) is 7.28. The van der Waals surface area contributed by atoms with Crippen LogP contribution in [0.1, 0.15) is 16.7 Å². The molecule has 23 heavy (non-hydrogen) atoms. The summed E-state index contributed by atoms with van der Waals surface area (Å²) in [6, 6.07) is 14.3. The third-order valence-corrected chi connectivity index (χ3v) is 3.18. The molecule has 0 aliphatic heterocycles. The topological polar surface area (TPSA) is 64.3 Å². The van der Waals surface area contributed by atoms with Gasteiger partial charge in [-0.15, -0.1) is 0 Å². The Balaban J connectivity index is 1.73. The van der Waals surface area contributed by atoms with Gasteiger partial charge in [0.05, 0.1) is 0 Å². The van der Waals surface area contributed by atoms with Crippen molar-refractivity contribution in [1.29, 1.82) is 0 Å². The van der Waals surface area contributed by atoms with Gasteiger partial charge in [-0.2, -0.15) is 0 Å². The van der Waals surface area contributed by atoms with E-state index in [0.717, 1.165) is 5.56 Å². The maximum Gasteiger partial charge on any atom is 0.407 e. The number of carbonyl (C=O) groups is 1. The molecule has 0 saturated heterocycles. The smallest absolute Gasteiger partial charge is 0.407 e. The quantitative estimate of drug-likeness (QED) is 0.860. The van der Waals surface area contributed by atoms with Crippen molar-refractivity contribution in [2.45, 2.75) is 13.2 Å². The SMILES string of the molecule is NCc1ccc(C=CCNC(=O)OCc2ccccc2)cc1F. The summed E-state index contributed by atoms with van der Waals surface area (Å²) in [4.78, 5) is 11.5. The van der Waals surface area contributed by atoms with Crippen LogP contribution >= 0.6 is 0 Å². The van der Waals surface area contributed by atoms with Gasteiger partial charge in [0.15, 0.2) is 0 Å². The van der Waals surface area contributed by atoms with E-state index in [2.05, 4.69) is 5.32 Å². The van der Waals surface area contributed by atoms with Crippen molar-refractivity contribution in [3.63, 3.8) is 0 Å². The molecule has 0 aliphatic rings. The molecule has 5 heteroatoms. The number of carbonyl (C=O) groups excluding carboxylic acids is 1. The zero-order valence-electron chi connectivity index (χ0n) is 12.7. The Hall–Kier alpha value is -2.66. The van der Waals surface area contributed by atoms with Gasteiger partial charge >= 0.3 is 6.09 Å². The van der Waals surface area contributed by atoms with Gasteiger partial charge < -0.3 is 15.8 Å². The highest BCUT2D eigenvalue weighted by Gasteiger charge is 2.01. The van der Waals surface area contributed by atoms with Crippen LogP contribution in [-0.4, -0.2) is 12.6 Å². The molecule has 2 aromatic carbocycles. The van der Waals surface area contributed by atoms with E-state index in [0.29, 0.717) is 17.7 Å². The van der Waals surface area contributed by atoms with E-state index >= 15 is 0 Å². The number of rotatable bonds is 6. The zero-order chi connectivity index (χ0) is 16.5. The second-order valence-electron chi connectivity index (χ2n) is 4.90. The summed E-state index contributed by atoms with van der Waals surface area (Å²) in [5.41, 5.74) is 7.52. The Morgan fingerprint density at radius 1 is 1.22 bits per heavy atom. The lowest BCUT2D eigenvalue weighted by molar-refractivity contribution is 0.141. The molecule has 4 nitrogen and oxygen atoms in total. The second kappa shape index (κ2) is 8.70. The average molecular weight is 314 g/mol. The van der Waals surface area contributed by atoms with Crippen LogP contribution in [0.25, 0.3) is 6.08 Å². The predicted octanol–water partition coefficient (Wildman–Crippen LogP) is 3.22. The maximum absolute atomic E-state index is 13.5. The standard InChI is InChI=1S/C18H19FN2O2/c19-17-11-14(8-9-16(17)12-20)7-4-10-21-18(22)23-13-15-5-2-1-3-6-15/h1-9,11H,10,12-13,20H2,(H,21,22). The minimum Gasteiger partial charge on any atom is -0.445 e. The highest BCUT2D eigenvalue weighted by molar-refractivity contribution is 5.67. The summed E-state index contributed by atoms with van der Waals surface area (Å²) in [5, 5.41) is 2.60. The molecule has 2 aromatic rings. The summed E-state index contributed by atoms with van der Waals surface area (Å²) < 4.78 is 18.6. The molecule has 120 valence electrons. The number of ether oxygens (including phenoxy) is 1. The van der Waals surface area contributed by atoms with Crippen LogP contribution in [0, 0.1) is 5.82 Å². The molecule has 0 fully saturated rings. The number of amides is 1. The van der Waals surface area contributed by atoms with Crippen molar-refractivity contribution < 1.29 is 13.9 Å². The van der Waals surface area contributed by atoms with E-state index in [1.54, 1.807) is 24.3 Å². The average Bonchev–Trinajstić information content (AvgIpc) is 2.58. The van der Waals surface area contributed by atoms with Gasteiger partial charge in [-0.1, -0.05) is 54.6 Å². The summed E-state index contributed by atoms with van der Waals surface area (Å²) in [6.07, 6.45) is 2.95. The fraction of sp³-hybridized carbons (Fsp3) is 0.167. The van der Waals surface area contributed by atoms with Crippen LogP contribution in [0.2, 0.25) is 0 Å². The summed E-state index contributed by atoms with van der Waals surface area (Å²) >= 11 is 0. The summed E-state index contributed by atoms with van der Waals surface area (Å²) in [5.74, 6) is -0.329. The Labute approximate surface area is 134 Å². The minimum atomic E-state index is -0.497. The van der Waals surface area contributed by atoms with Gasteiger partial charge in [0, 0.05) is 18.7 Å². The predicted molar refractivity (Wildman–Crippen MR) is 88.0 cm³/mol. The number of nitrogens with one attached hydrogen (secondary N) is 1. The van der Waals surface area contributed by atoms with Crippen LogP contribution in [0.15, 0.2) is 54.6 Å². The number of benzene rings is 2. The normalized spacial score (nSPS) is 10.7. The first kappa shape index (κ1) is 16.7. The highest BCUT2D eigenvalue weighted by atomic mass is 19.1. The third kappa shape index (κ3) is 5.56. The van der Waals surface area contributed by atoms with Crippen LogP contribution in [-0.2, 0) is 17.9 Å². The molecular formula is C18H19FN2O2. The van der Waals surface area contributed by atoms with Gasteiger partial charge in [-0.25, -0.2) is 9.18 Å². The van der Waals surface area contributed by atoms with Crippen molar-refractivity contribution in [2.75, 3.05) is 6.54 Å². The molecule has 0 atom stereocenters. The van der Waals surface area contributed by atoms with E-state index < -0.39 is 6.09 Å². The van der Waals surface area contributed by atoms with E-state index in [4.69, 9.17) is 10.5 Å². The fourth-order valence-corrected chi connectivity index (χ4v) is 1.94. The van der Waals surface area contributed by atoms with Gasteiger partial charge in [-0.3, -0.25) is 0 Å². The van der Waals surface area contributed by atoms with Crippen molar-refractivity contribution >= 4 is 12.2 Å². The third-order valence-electron chi connectivity index (χ3n) is 3.18. The molecule has 0 radical (unpaired) electrons. The van der Waals surface area contributed by atoms with Crippen LogP contribution in [0.5, 0.6) is 0 Å². The molecule has 0 bridgehead atoms. The van der Waals surface area contributed by atoms with Crippen molar-refractivity contribution in [3.05, 3.63) is 77.1 Å². The van der Waals surface area contributed by atoms with Crippen LogP contribution in [0.3, 0.4) is 0 Å². The molecule has 1 amide bonds. The number of nitrogens with two attached hydrogens (primary N) is 1. The monoisotopic (exact) mass is 314 g/mol. The van der Waals surface area contributed by atoms with Gasteiger partial charge in [0.25, 0.3) is 0 Å². The molecule has 0 aliphatic carbocycles. The van der Waals surface area contributed by atoms with Gasteiger partial charge in [0.2, 0.25) is 0 Å². The van der Waals surface area contributed by atoms with E-state index in [-0.39, 0.29) is 19.0 Å². The molecule has 0 spiro atoms. The van der Waals surface area contributed by atoms with Crippen molar-refractivity contribution in [2.24, 2.45) is 5.73 Å². The molecule has 0 saturated carbocycles. The molecule has 0 heterocycles. The van der Waals surface area contributed by atoms with Crippen LogP contribution < -0.4 is 11.1 Å². The van der Waals surface area contributed by atoms with Gasteiger partial charge in [-0.05, 0) is 17.2 Å². The maximum atomic E-state index is 13.5. The van der Waals surface area contributed by atoms with Gasteiger partial charge in [0.1, 0.15) is 12.4 Å².